The maximum atomic E-state index is 12.5. The van der Waals surface area contributed by atoms with Gasteiger partial charge >= 0.3 is 0 Å². The highest BCUT2D eigenvalue weighted by molar-refractivity contribution is 5.81. The summed E-state index contributed by atoms with van der Waals surface area (Å²) < 4.78 is 5.44. The third-order valence-corrected chi connectivity index (χ3v) is 5.22. The van der Waals surface area contributed by atoms with Crippen molar-refractivity contribution in [2.75, 3.05) is 71.5 Å². The van der Waals surface area contributed by atoms with Gasteiger partial charge in [-0.05, 0) is 12.5 Å². The van der Waals surface area contributed by atoms with Crippen LogP contribution in [0.2, 0.25) is 0 Å². The number of aromatic nitrogens is 2. The molecule has 2 fully saturated rings. The summed E-state index contributed by atoms with van der Waals surface area (Å²) in [6.07, 6.45) is 5.05. The predicted molar refractivity (Wildman–Crippen MR) is 108 cm³/mol. The van der Waals surface area contributed by atoms with E-state index in [0.29, 0.717) is 32.0 Å². The summed E-state index contributed by atoms with van der Waals surface area (Å²) >= 11 is 0. The average Bonchev–Trinajstić information content (AvgIpc) is 3.24. The standard InChI is InChI=1S/C19H31N7O2/c1-20-18(24(2)14-16-5-13-28-15-16)23-8-4-17(27)25-9-11-26(12-10-25)19-21-6-3-7-22-19/h3,6-7,16H,4-5,8-15H2,1-2H3,(H,20,23). The summed E-state index contributed by atoms with van der Waals surface area (Å²) in [6, 6.07) is 1.81. The van der Waals surface area contributed by atoms with Crippen LogP contribution in [0.25, 0.3) is 0 Å². The predicted octanol–water partition coefficient (Wildman–Crippen LogP) is 0.0590. The van der Waals surface area contributed by atoms with E-state index in [9.17, 15) is 4.79 Å². The Bertz CT molecular complexity index is 641. The number of guanidine groups is 1. The number of nitrogens with zero attached hydrogens (tertiary/aromatic N) is 6. The first-order chi connectivity index (χ1) is 13.7. The Labute approximate surface area is 166 Å². The Kier molecular flexibility index (Phi) is 7.41. The molecule has 9 heteroatoms. The van der Waals surface area contributed by atoms with Crippen LogP contribution in [0.15, 0.2) is 23.5 Å². The molecule has 1 aromatic heterocycles. The van der Waals surface area contributed by atoms with Crippen molar-refractivity contribution in [3.63, 3.8) is 0 Å². The smallest absolute Gasteiger partial charge is 0.225 e. The van der Waals surface area contributed by atoms with Crippen LogP contribution < -0.4 is 10.2 Å². The van der Waals surface area contributed by atoms with Crippen molar-refractivity contribution in [1.82, 2.24) is 25.1 Å². The third-order valence-electron chi connectivity index (χ3n) is 5.22. The van der Waals surface area contributed by atoms with E-state index >= 15 is 0 Å². The van der Waals surface area contributed by atoms with Gasteiger partial charge in [-0.2, -0.15) is 0 Å². The van der Waals surface area contributed by atoms with Gasteiger partial charge in [-0.15, -0.1) is 0 Å². The zero-order valence-electron chi connectivity index (χ0n) is 16.9. The van der Waals surface area contributed by atoms with Crippen LogP contribution in [-0.2, 0) is 9.53 Å². The van der Waals surface area contributed by atoms with Crippen LogP contribution in [0.4, 0.5) is 5.95 Å². The average molecular weight is 390 g/mol. The van der Waals surface area contributed by atoms with Crippen molar-refractivity contribution in [3.8, 4) is 0 Å². The summed E-state index contributed by atoms with van der Waals surface area (Å²) in [5, 5.41) is 3.30. The molecular formula is C19H31N7O2. The van der Waals surface area contributed by atoms with E-state index in [1.54, 1.807) is 19.4 Å². The van der Waals surface area contributed by atoms with Crippen LogP contribution in [0, 0.1) is 5.92 Å². The number of anilines is 1. The number of aliphatic imine (C=N–C) groups is 1. The molecule has 0 aromatic carbocycles. The summed E-state index contributed by atoms with van der Waals surface area (Å²) in [5.41, 5.74) is 0. The molecule has 154 valence electrons. The monoisotopic (exact) mass is 389 g/mol. The minimum Gasteiger partial charge on any atom is -0.381 e. The van der Waals surface area contributed by atoms with Crippen molar-refractivity contribution in [3.05, 3.63) is 18.5 Å². The Balaban J connectivity index is 1.37. The van der Waals surface area contributed by atoms with Crippen LogP contribution in [0.1, 0.15) is 12.8 Å². The molecule has 2 aliphatic rings. The van der Waals surface area contributed by atoms with Gasteiger partial charge in [0.15, 0.2) is 5.96 Å². The number of carbonyl (C=O) groups is 1. The second kappa shape index (κ2) is 10.2. The molecule has 28 heavy (non-hydrogen) atoms. The first kappa shape index (κ1) is 20.3. The van der Waals surface area contributed by atoms with E-state index in [4.69, 9.17) is 4.74 Å². The highest BCUT2D eigenvalue weighted by Gasteiger charge is 2.23. The lowest BCUT2D eigenvalue weighted by atomic mass is 10.1. The van der Waals surface area contributed by atoms with Gasteiger partial charge in [0, 0.05) is 84.7 Å². The van der Waals surface area contributed by atoms with E-state index in [1.807, 2.05) is 18.0 Å². The van der Waals surface area contributed by atoms with Crippen LogP contribution in [-0.4, -0.2) is 98.2 Å². The number of piperazine rings is 1. The Morgan fingerprint density at radius 1 is 1.32 bits per heavy atom. The number of ether oxygens (including phenoxy) is 1. The van der Waals surface area contributed by atoms with Crippen molar-refractivity contribution in [2.24, 2.45) is 10.9 Å². The zero-order chi connectivity index (χ0) is 19.8. The number of hydrogen-bond donors (Lipinski definition) is 1. The molecule has 3 heterocycles. The van der Waals surface area contributed by atoms with Gasteiger partial charge in [0.1, 0.15) is 0 Å². The van der Waals surface area contributed by atoms with Crippen molar-refractivity contribution < 1.29 is 9.53 Å². The van der Waals surface area contributed by atoms with Gasteiger partial charge in [-0.3, -0.25) is 9.79 Å². The molecule has 1 N–H and O–H groups in total. The van der Waals surface area contributed by atoms with Crippen LogP contribution in [0.5, 0.6) is 0 Å². The molecule has 0 aliphatic carbocycles. The molecule has 0 radical (unpaired) electrons. The highest BCUT2D eigenvalue weighted by atomic mass is 16.5. The normalized spacial score (nSPS) is 20.4. The zero-order valence-corrected chi connectivity index (χ0v) is 16.9. The SMILES string of the molecule is CN=C(NCCC(=O)N1CCN(c2ncccn2)CC1)N(C)CC1CCOC1. The van der Waals surface area contributed by atoms with E-state index < -0.39 is 0 Å². The second-order valence-electron chi connectivity index (χ2n) is 7.25. The molecule has 0 spiro atoms. The molecule has 2 aliphatic heterocycles. The topological polar surface area (TPSA) is 86.2 Å². The molecule has 9 nitrogen and oxygen atoms in total. The van der Waals surface area contributed by atoms with Crippen LogP contribution >= 0.6 is 0 Å². The van der Waals surface area contributed by atoms with Gasteiger partial charge in [0.05, 0.1) is 6.61 Å². The lowest BCUT2D eigenvalue weighted by Gasteiger charge is -2.34. The summed E-state index contributed by atoms with van der Waals surface area (Å²) in [4.78, 5) is 31.6. The van der Waals surface area contributed by atoms with E-state index in [-0.39, 0.29) is 5.91 Å². The largest absolute Gasteiger partial charge is 0.381 e. The number of amides is 1. The maximum Gasteiger partial charge on any atom is 0.225 e. The first-order valence-electron chi connectivity index (χ1n) is 9.96. The third kappa shape index (κ3) is 5.54. The van der Waals surface area contributed by atoms with Crippen molar-refractivity contribution in [1.29, 1.82) is 0 Å². The van der Waals surface area contributed by atoms with Gasteiger partial charge < -0.3 is 24.8 Å². The molecular weight excluding hydrogens is 358 g/mol. The second-order valence-corrected chi connectivity index (χ2v) is 7.25. The summed E-state index contributed by atoms with van der Waals surface area (Å²) in [7, 11) is 3.80. The summed E-state index contributed by atoms with van der Waals surface area (Å²) in [6.45, 7) is 6.09. The molecule has 1 atom stereocenters. The lowest BCUT2D eigenvalue weighted by molar-refractivity contribution is -0.131. The molecule has 1 unspecified atom stereocenters. The Hall–Kier alpha value is -2.42. The van der Waals surface area contributed by atoms with E-state index in [1.165, 1.54) is 0 Å². The quantitative estimate of drug-likeness (QED) is 0.544. The number of carbonyl (C=O) groups excluding carboxylic acids is 1. The minimum absolute atomic E-state index is 0.170. The molecule has 0 saturated carbocycles. The molecule has 1 aromatic rings. The summed E-state index contributed by atoms with van der Waals surface area (Å²) in [5.74, 6) is 2.28. The maximum absolute atomic E-state index is 12.5. The Morgan fingerprint density at radius 2 is 2.07 bits per heavy atom. The fourth-order valence-corrected chi connectivity index (χ4v) is 3.64. The molecule has 1 amide bonds. The lowest BCUT2D eigenvalue weighted by Crippen LogP contribution is -2.50. The number of rotatable bonds is 6. The fraction of sp³-hybridized carbons (Fsp3) is 0.684. The number of hydrogen-bond acceptors (Lipinski definition) is 6. The fourth-order valence-electron chi connectivity index (χ4n) is 3.64. The van der Waals surface area contributed by atoms with Gasteiger partial charge in [-0.1, -0.05) is 0 Å². The van der Waals surface area contributed by atoms with Crippen molar-refractivity contribution in [2.45, 2.75) is 12.8 Å². The van der Waals surface area contributed by atoms with E-state index in [0.717, 1.165) is 51.2 Å². The number of nitrogens with one attached hydrogen (secondary N) is 1. The van der Waals surface area contributed by atoms with Gasteiger partial charge in [-0.25, -0.2) is 9.97 Å². The van der Waals surface area contributed by atoms with Crippen molar-refractivity contribution >= 4 is 17.8 Å². The minimum atomic E-state index is 0.170. The first-order valence-corrected chi connectivity index (χ1v) is 9.96. The van der Waals surface area contributed by atoms with Gasteiger partial charge in [0.2, 0.25) is 11.9 Å². The molecule has 0 bridgehead atoms. The van der Waals surface area contributed by atoms with E-state index in [2.05, 4.69) is 30.1 Å². The molecule has 3 rings (SSSR count). The van der Waals surface area contributed by atoms with Crippen LogP contribution in [0.3, 0.4) is 0 Å². The Morgan fingerprint density at radius 3 is 2.71 bits per heavy atom. The molecule has 2 saturated heterocycles. The highest BCUT2D eigenvalue weighted by Crippen LogP contribution is 2.13. The van der Waals surface area contributed by atoms with Gasteiger partial charge in [0.25, 0.3) is 0 Å².